The quantitative estimate of drug-likeness (QED) is 0.445. The highest BCUT2D eigenvalue weighted by Crippen LogP contribution is 2.30. The molecule has 0 aliphatic carbocycles. The van der Waals surface area contributed by atoms with Crippen LogP contribution >= 0.6 is 0 Å². The first-order valence-corrected chi connectivity index (χ1v) is 7.53. The van der Waals surface area contributed by atoms with Crippen molar-refractivity contribution in [1.82, 2.24) is 20.4 Å². The summed E-state index contributed by atoms with van der Waals surface area (Å²) in [6, 6.07) is 8.52. The molecule has 1 aromatic carbocycles. The highest BCUT2D eigenvalue weighted by atomic mass is 19.1. The molecule has 2 aromatic heterocycles. The van der Waals surface area contributed by atoms with Gasteiger partial charge in [-0.2, -0.15) is 0 Å². The first kappa shape index (κ1) is 17.7. The van der Waals surface area contributed by atoms with Crippen LogP contribution in [0.3, 0.4) is 0 Å². The van der Waals surface area contributed by atoms with E-state index in [1.165, 1.54) is 30.6 Å². The summed E-state index contributed by atoms with van der Waals surface area (Å²) < 4.78 is 13.6. The zero-order valence-electron chi connectivity index (χ0n) is 13.6. The Kier molecular flexibility index (Phi) is 5.12. The van der Waals surface area contributed by atoms with Crippen molar-refractivity contribution in [3.8, 4) is 0 Å². The molecule has 0 unspecified atom stereocenters. The maximum atomic E-state index is 13.6. The van der Waals surface area contributed by atoms with E-state index >= 15 is 0 Å². The van der Waals surface area contributed by atoms with Crippen LogP contribution in [0.4, 0.5) is 27.4 Å². The molecule has 136 valence electrons. The Morgan fingerprint density at radius 1 is 1.07 bits per heavy atom. The first-order chi connectivity index (χ1) is 13.1. The van der Waals surface area contributed by atoms with Gasteiger partial charge in [0, 0.05) is 18.1 Å². The lowest BCUT2D eigenvalue weighted by Crippen LogP contribution is -2.31. The minimum Gasteiger partial charge on any atom is -0.334 e. The standard InChI is InChI=1S/C16H12FN7O3/c17-12-4-2-1-3-11(12)16(25)23-22-15-13(24(26)27)14(19-9-20-15)21-10-5-7-18-8-6-10/h1-9H,(H,23,25)(H2,18,19,20,21,22). The molecular weight excluding hydrogens is 357 g/mol. The molecule has 1 amide bonds. The molecule has 0 atom stereocenters. The zero-order chi connectivity index (χ0) is 19.2. The number of amides is 1. The summed E-state index contributed by atoms with van der Waals surface area (Å²) in [5.41, 5.74) is 4.32. The number of carbonyl (C=O) groups is 1. The van der Waals surface area contributed by atoms with Crippen LogP contribution in [0.15, 0.2) is 55.1 Å². The summed E-state index contributed by atoms with van der Waals surface area (Å²) in [5, 5.41) is 14.2. The summed E-state index contributed by atoms with van der Waals surface area (Å²) in [6.45, 7) is 0. The molecule has 0 aliphatic rings. The fourth-order valence-corrected chi connectivity index (χ4v) is 2.14. The molecule has 10 nitrogen and oxygen atoms in total. The minimum atomic E-state index is -0.815. The molecule has 3 aromatic rings. The van der Waals surface area contributed by atoms with Crippen molar-refractivity contribution >= 4 is 28.9 Å². The first-order valence-electron chi connectivity index (χ1n) is 7.53. The average molecular weight is 369 g/mol. The van der Waals surface area contributed by atoms with Crippen molar-refractivity contribution in [2.24, 2.45) is 0 Å². The number of nitrogens with one attached hydrogen (secondary N) is 3. The number of hydrogen-bond donors (Lipinski definition) is 3. The fraction of sp³-hybridized carbons (Fsp3) is 0. The van der Waals surface area contributed by atoms with Crippen LogP contribution in [-0.4, -0.2) is 25.8 Å². The molecular formula is C16H12FN7O3. The second-order valence-corrected chi connectivity index (χ2v) is 5.10. The van der Waals surface area contributed by atoms with E-state index in [0.717, 1.165) is 12.4 Å². The Morgan fingerprint density at radius 2 is 1.78 bits per heavy atom. The van der Waals surface area contributed by atoms with Gasteiger partial charge in [-0.25, -0.2) is 14.4 Å². The van der Waals surface area contributed by atoms with Gasteiger partial charge in [0.1, 0.15) is 12.1 Å². The number of hydrazine groups is 1. The number of hydrogen-bond acceptors (Lipinski definition) is 8. The molecule has 3 rings (SSSR count). The maximum absolute atomic E-state index is 13.6. The highest BCUT2D eigenvalue weighted by Gasteiger charge is 2.24. The van der Waals surface area contributed by atoms with Crippen molar-refractivity contribution in [3.05, 3.63) is 76.6 Å². The van der Waals surface area contributed by atoms with Gasteiger partial charge in [-0.15, -0.1) is 0 Å². The van der Waals surface area contributed by atoms with Crippen molar-refractivity contribution in [2.45, 2.75) is 0 Å². The monoisotopic (exact) mass is 369 g/mol. The van der Waals surface area contributed by atoms with Crippen LogP contribution in [0.1, 0.15) is 10.4 Å². The van der Waals surface area contributed by atoms with Gasteiger partial charge in [0.2, 0.25) is 11.6 Å². The molecule has 0 saturated heterocycles. The van der Waals surface area contributed by atoms with Crippen LogP contribution < -0.4 is 16.2 Å². The number of nitro groups is 1. The van der Waals surface area contributed by atoms with Crippen LogP contribution in [0.25, 0.3) is 0 Å². The zero-order valence-corrected chi connectivity index (χ0v) is 13.6. The summed E-state index contributed by atoms with van der Waals surface area (Å²) in [6.07, 6.45) is 4.08. The van der Waals surface area contributed by atoms with E-state index in [-0.39, 0.29) is 17.2 Å². The Balaban J connectivity index is 1.83. The predicted octanol–water partition coefficient (Wildman–Crippen LogP) is 2.42. The topological polar surface area (TPSA) is 135 Å². The van der Waals surface area contributed by atoms with Crippen molar-refractivity contribution in [2.75, 3.05) is 10.7 Å². The molecule has 11 heteroatoms. The van der Waals surface area contributed by atoms with E-state index in [4.69, 9.17) is 0 Å². The number of benzene rings is 1. The Bertz CT molecular complexity index is 985. The van der Waals surface area contributed by atoms with E-state index in [0.29, 0.717) is 5.69 Å². The lowest BCUT2D eigenvalue weighted by atomic mass is 10.2. The SMILES string of the molecule is O=C(NNc1ncnc(Nc2ccncc2)c1[N+](=O)[O-])c1ccccc1F. The van der Waals surface area contributed by atoms with E-state index in [1.807, 2.05) is 0 Å². The van der Waals surface area contributed by atoms with Gasteiger partial charge < -0.3 is 5.32 Å². The van der Waals surface area contributed by atoms with Crippen molar-refractivity contribution in [3.63, 3.8) is 0 Å². The average Bonchev–Trinajstić information content (AvgIpc) is 2.67. The molecule has 3 N–H and O–H groups in total. The summed E-state index contributed by atoms with van der Waals surface area (Å²) in [4.78, 5) is 34.3. The summed E-state index contributed by atoms with van der Waals surface area (Å²) >= 11 is 0. The molecule has 0 fully saturated rings. The molecule has 2 heterocycles. The van der Waals surface area contributed by atoms with Gasteiger partial charge in [-0.1, -0.05) is 12.1 Å². The third-order valence-electron chi connectivity index (χ3n) is 3.36. The van der Waals surface area contributed by atoms with Gasteiger partial charge >= 0.3 is 5.69 Å². The van der Waals surface area contributed by atoms with E-state index < -0.39 is 22.3 Å². The van der Waals surface area contributed by atoms with Gasteiger partial charge in [0.05, 0.1) is 10.5 Å². The molecule has 0 bridgehead atoms. The smallest absolute Gasteiger partial charge is 0.334 e. The van der Waals surface area contributed by atoms with Crippen molar-refractivity contribution in [1.29, 1.82) is 0 Å². The lowest BCUT2D eigenvalue weighted by molar-refractivity contribution is -0.383. The van der Waals surface area contributed by atoms with Gasteiger partial charge in [0.15, 0.2) is 0 Å². The fourth-order valence-electron chi connectivity index (χ4n) is 2.14. The van der Waals surface area contributed by atoms with E-state index in [1.54, 1.807) is 12.1 Å². The third kappa shape index (κ3) is 4.10. The van der Waals surface area contributed by atoms with Crippen LogP contribution in [0.5, 0.6) is 0 Å². The van der Waals surface area contributed by atoms with E-state index in [9.17, 15) is 19.3 Å². The third-order valence-corrected chi connectivity index (χ3v) is 3.36. The number of carbonyl (C=O) groups excluding carboxylic acids is 1. The number of pyridine rings is 1. The normalized spacial score (nSPS) is 10.1. The second-order valence-electron chi connectivity index (χ2n) is 5.10. The molecule has 0 aliphatic heterocycles. The molecule has 0 radical (unpaired) electrons. The molecule has 0 spiro atoms. The number of halogens is 1. The Labute approximate surface area is 151 Å². The van der Waals surface area contributed by atoms with Crippen LogP contribution in [0.2, 0.25) is 0 Å². The second kappa shape index (κ2) is 7.82. The van der Waals surface area contributed by atoms with E-state index in [2.05, 4.69) is 31.1 Å². The Hall–Kier alpha value is -4.15. The number of anilines is 3. The molecule has 0 saturated carbocycles. The van der Waals surface area contributed by atoms with Gasteiger partial charge in [-0.3, -0.25) is 30.7 Å². The lowest BCUT2D eigenvalue weighted by Gasteiger charge is -2.11. The summed E-state index contributed by atoms with van der Waals surface area (Å²) in [7, 11) is 0. The Morgan fingerprint density at radius 3 is 2.48 bits per heavy atom. The number of nitrogens with zero attached hydrogens (tertiary/aromatic N) is 4. The van der Waals surface area contributed by atoms with Crippen molar-refractivity contribution < 1.29 is 14.1 Å². The maximum Gasteiger partial charge on any atom is 0.355 e. The number of rotatable bonds is 6. The number of aromatic nitrogens is 3. The molecule has 27 heavy (non-hydrogen) atoms. The highest BCUT2D eigenvalue weighted by molar-refractivity contribution is 5.95. The summed E-state index contributed by atoms with van der Waals surface area (Å²) in [5.74, 6) is -1.90. The van der Waals surface area contributed by atoms with Crippen LogP contribution in [-0.2, 0) is 0 Å². The van der Waals surface area contributed by atoms with Gasteiger partial charge in [-0.05, 0) is 24.3 Å². The predicted molar refractivity (Wildman–Crippen MR) is 93.7 cm³/mol. The van der Waals surface area contributed by atoms with Crippen LogP contribution in [0, 0.1) is 15.9 Å². The largest absolute Gasteiger partial charge is 0.355 e. The van der Waals surface area contributed by atoms with Gasteiger partial charge in [0.25, 0.3) is 5.91 Å². The minimum absolute atomic E-state index is 0.0937.